The molecule has 1 atom stereocenters. The molecule has 2 rings (SSSR count). The molecule has 0 bridgehead atoms. The van der Waals surface area contributed by atoms with Crippen molar-refractivity contribution in [1.29, 1.82) is 0 Å². The van der Waals surface area contributed by atoms with Gasteiger partial charge in [-0.25, -0.2) is 8.78 Å². The van der Waals surface area contributed by atoms with Gasteiger partial charge in [-0.3, -0.25) is 0 Å². The fourth-order valence-corrected chi connectivity index (χ4v) is 2.00. The van der Waals surface area contributed by atoms with E-state index in [1.165, 1.54) is 5.56 Å². The highest BCUT2D eigenvalue weighted by Crippen LogP contribution is 2.17. The fourth-order valence-electron chi connectivity index (χ4n) is 2.00. The van der Waals surface area contributed by atoms with Crippen LogP contribution >= 0.6 is 0 Å². The van der Waals surface area contributed by atoms with Crippen molar-refractivity contribution in [2.24, 2.45) is 0 Å². The van der Waals surface area contributed by atoms with Crippen molar-refractivity contribution in [1.82, 2.24) is 5.32 Å². The topological polar surface area (TPSA) is 32.3 Å². The Morgan fingerprint density at radius 1 is 1.05 bits per heavy atom. The number of nitrogens with one attached hydrogen (secondary N) is 1. The summed E-state index contributed by atoms with van der Waals surface area (Å²) >= 11 is 0. The molecule has 0 aliphatic rings. The minimum atomic E-state index is -1.05. The van der Waals surface area contributed by atoms with Crippen LogP contribution in [0.15, 0.2) is 48.5 Å². The van der Waals surface area contributed by atoms with Gasteiger partial charge in [0.2, 0.25) is 0 Å². The summed E-state index contributed by atoms with van der Waals surface area (Å²) in [6.45, 7) is 0.852. The van der Waals surface area contributed by atoms with Gasteiger partial charge in [0.15, 0.2) is 0 Å². The Balaban J connectivity index is 1.80. The molecule has 106 valence electrons. The van der Waals surface area contributed by atoms with Crippen molar-refractivity contribution in [2.75, 3.05) is 13.1 Å². The minimum Gasteiger partial charge on any atom is -0.387 e. The highest BCUT2D eigenvalue weighted by atomic mass is 19.1. The van der Waals surface area contributed by atoms with Gasteiger partial charge >= 0.3 is 0 Å². The van der Waals surface area contributed by atoms with Crippen LogP contribution in [-0.4, -0.2) is 18.2 Å². The molecule has 4 heteroatoms. The number of hydrogen-bond acceptors (Lipinski definition) is 2. The van der Waals surface area contributed by atoms with E-state index in [0.29, 0.717) is 6.54 Å². The van der Waals surface area contributed by atoms with Gasteiger partial charge in [0.25, 0.3) is 0 Å². The highest BCUT2D eigenvalue weighted by Gasteiger charge is 2.13. The normalized spacial score (nSPS) is 12.3. The molecule has 0 saturated carbocycles. The summed E-state index contributed by atoms with van der Waals surface area (Å²) < 4.78 is 26.5. The van der Waals surface area contributed by atoms with E-state index in [0.717, 1.165) is 24.6 Å². The number of hydrogen-bond donors (Lipinski definition) is 2. The lowest BCUT2D eigenvalue weighted by molar-refractivity contribution is 0.170. The molecule has 0 saturated heterocycles. The Morgan fingerprint density at radius 2 is 1.80 bits per heavy atom. The maximum absolute atomic E-state index is 13.4. The van der Waals surface area contributed by atoms with Gasteiger partial charge in [-0.15, -0.1) is 0 Å². The highest BCUT2D eigenvalue weighted by molar-refractivity contribution is 5.21. The van der Waals surface area contributed by atoms with Crippen molar-refractivity contribution < 1.29 is 13.9 Å². The molecule has 2 N–H and O–H groups in total. The number of halogens is 2. The molecule has 0 heterocycles. The summed E-state index contributed by atoms with van der Waals surface area (Å²) in [6.07, 6.45) is -0.236. The van der Waals surface area contributed by atoms with Crippen molar-refractivity contribution in [3.63, 3.8) is 0 Å². The van der Waals surface area contributed by atoms with E-state index >= 15 is 0 Å². The maximum atomic E-state index is 13.4. The summed E-state index contributed by atoms with van der Waals surface area (Å²) in [6, 6.07) is 13.0. The largest absolute Gasteiger partial charge is 0.387 e. The molecular formula is C16H17F2NO. The van der Waals surface area contributed by atoms with Crippen LogP contribution in [0.2, 0.25) is 0 Å². The van der Waals surface area contributed by atoms with Gasteiger partial charge in [-0.05, 0) is 36.7 Å². The minimum absolute atomic E-state index is 0.0165. The summed E-state index contributed by atoms with van der Waals surface area (Å²) in [4.78, 5) is 0. The third-order valence-electron chi connectivity index (χ3n) is 3.09. The third-order valence-corrected chi connectivity index (χ3v) is 3.09. The van der Waals surface area contributed by atoms with Gasteiger partial charge in [0, 0.05) is 12.1 Å². The van der Waals surface area contributed by atoms with Crippen LogP contribution < -0.4 is 5.32 Å². The van der Waals surface area contributed by atoms with Gasteiger partial charge in [0.1, 0.15) is 11.6 Å². The molecule has 2 aromatic rings. The number of benzene rings is 2. The Morgan fingerprint density at radius 3 is 2.55 bits per heavy atom. The second kappa shape index (κ2) is 7.12. The Bertz CT molecular complexity index is 545. The number of rotatable bonds is 6. The van der Waals surface area contributed by atoms with E-state index in [1.54, 1.807) is 0 Å². The predicted octanol–water partition coefficient (Wildman–Crippen LogP) is 2.83. The first kappa shape index (κ1) is 14.6. The van der Waals surface area contributed by atoms with E-state index < -0.39 is 17.7 Å². The van der Waals surface area contributed by atoms with E-state index in [2.05, 4.69) is 5.32 Å². The summed E-state index contributed by atoms with van der Waals surface area (Å²) in [5, 5.41) is 12.9. The van der Waals surface area contributed by atoms with Crippen molar-refractivity contribution in [2.45, 2.75) is 12.5 Å². The molecule has 0 spiro atoms. The summed E-state index contributed by atoms with van der Waals surface area (Å²) in [7, 11) is 0. The quantitative estimate of drug-likeness (QED) is 0.796. The maximum Gasteiger partial charge on any atom is 0.129 e. The first-order valence-corrected chi connectivity index (χ1v) is 6.54. The zero-order valence-electron chi connectivity index (χ0n) is 11.0. The average molecular weight is 277 g/mol. The zero-order chi connectivity index (χ0) is 14.4. The standard InChI is InChI=1S/C16H17F2NO/c17-13-6-7-15(18)14(10-13)16(20)11-19-9-8-12-4-2-1-3-5-12/h1-7,10,16,19-20H,8-9,11H2. The van der Waals surface area contributed by atoms with Crippen LogP contribution in [0.1, 0.15) is 17.2 Å². The molecular weight excluding hydrogens is 260 g/mol. The van der Waals surface area contributed by atoms with Crippen molar-refractivity contribution in [3.8, 4) is 0 Å². The molecule has 1 unspecified atom stereocenters. The van der Waals surface area contributed by atoms with Crippen molar-refractivity contribution >= 4 is 0 Å². The zero-order valence-corrected chi connectivity index (χ0v) is 11.0. The lowest BCUT2D eigenvalue weighted by Gasteiger charge is -2.13. The van der Waals surface area contributed by atoms with Crippen LogP contribution in [0.4, 0.5) is 8.78 Å². The monoisotopic (exact) mass is 277 g/mol. The Kier molecular flexibility index (Phi) is 5.21. The van der Waals surface area contributed by atoms with Gasteiger partial charge in [-0.2, -0.15) is 0 Å². The number of aliphatic hydroxyl groups excluding tert-OH is 1. The molecule has 0 fully saturated rings. The lowest BCUT2D eigenvalue weighted by Crippen LogP contribution is -2.24. The number of aliphatic hydroxyl groups is 1. The van der Waals surface area contributed by atoms with Gasteiger partial charge in [-0.1, -0.05) is 30.3 Å². The van der Waals surface area contributed by atoms with Crippen LogP contribution in [0.25, 0.3) is 0 Å². The first-order valence-electron chi connectivity index (χ1n) is 6.54. The molecule has 0 radical (unpaired) electrons. The average Bonchev–Trinajstić information content (AvgIpc) is 2.47. The van der Waals surface area contributed by atoms with Crippen LogP contribution in [0, 0.1) is 11.6 Å². The molecule has 0 aliphatic carbocycles. The third kappa shape index (κ3) is 4.11. The van der Waals surface area contributed by atoms with E-state index in [1.807, 2.05) is 30.3 Å². The van der Waals surface area contributed by atoms with Crippen molar-refractivity contribution in [3.05, 3.63) is 71.3 Å². The first-order chi connectivity index (χ1) is 9.66. The second-order valence-electron chi connectivity index (χ2n) is 4.62. The molecule has 20 heavy (non-hydrogen) atoms. The molecule has 0 aliphatic heterocycles. The second-order valence-corrected chi connectivity index (χ2v) is 4.62. The SMILES string of the molecule is OC(CNCCc1ccccc1)c1cc(F)ccc1F. The van der Waals surface area contributed by atoms with Crippen LogP contribution in [-0.2, 0) is 6.42 Å². The molecule has 0 amide bonds. The van der Waals surface area contributed by atoms with Gasteiger partial charge < -0.3 is 10.4 Å². The fraction of sp³-hybridized carbons (Fsp3) is 0.250. The van der Waals surface area contributed by atoms with E-state index in [-0.39, 0.29) is 12.1 Å². The van der Waals surface area contributed by atoms with E-state index in [4.69, 9.17) is 0 Å². The Hall–Kier alpha value is -1.78. The van der Waals surface area contributed by atoms with E-state index in [9.17, 15) is 13.9 Å². The smallest absolute Gasteiger partial charge is 0.129 e. The van der Waals surface area contributed by atoms with Crippen LogP contribution in [0.3, 0.4) is 0 Å². The van der Waals surface area contributed by atoms with Crippen LogP contribution in [0.5, 0.6) is 0 Å². The molecule has 2 nitrogen and oxygen atoms in total. The molecule has 2 aromatic carbocycles. The van der Waals surface area contributed by atoms with Gasteiger partial charge in [0.05, 0.1) is 6.10 Å². The molecule has 0 aromatic heterocycles. The summed E-state index contributed by atoms with van der Waals surface area (Å²) in [5.74, 6) is -1.14. The summed E-state index contributed by atoms with van der Waals surface area (Å²) in [5.41, 5.74) is 1.17. The predicted molar refractivity (Wildman–Crippen MR) is 74.3 cm³/mol. The Labute approximate surface area is 117 Å². The lowest BCUT2D eigenvalue weighted by atomic mass is 10.1.